The van der Waals surface area contributed by atoms with Gasteiger partial charge in [-0.3, -0.25) is 4.79 Å². The minimum Gasteiger partial charge on any atom is -0.508 e. The highest BCUT2D eigenvalue weighted by Crippen LogP contribution is 2.10. The van der Waals surface area contributed by atoms with Crippen molar-refractivity contribution in [3.63, 3.8) is 0 Å². The third kappa shape index (κ3) is 5.19. The summed E-state index contributed by atoms with van der Waals surface area (Å²) in [6.45, 7) is 3.17. The summed E-state index contributed by atoms with van der Waals surface area (Å²) in [7, 11) is 0. The van der Waals surface area contributed by atoms with Gasteiger partial charge < -0.3 is 16.2 Å². The van der Waals surface area contributed by atoms with Crippen LogP contribution < -0.4 is 11.1 Å². The van der Waals surface area contributed by atoms with Gasteiger partial charge in [-0.2, -0.15) is 0 Å². The number of carbonyl (C=O) groups excluding carboxylic acids is 1. The second-order valence-electron chi connectivity index (χ2n) is 4.54. The summed E-state index contributed by atoms with van der Waals surface area (Å²) in [5, 5.41) is 12.1. The zero-order valence-electron chi connectivity index (χ0n) is 10.9. The number of aromatic hydroxyl groups is 1. The van der Waals surface area contributed by atoms with Gasteiger partial charge in [-0.05, 0) is 43.5 Å². The van der Waals surface area contributed by atoms with Crippen molar-refractivity contribution < 1.29 is 9.90 Å². The molecule has 4 nitrogen and oxygen atoms in total. The number of carbonyl (C=O) groups is 1. The molecule has 0 fully saturated rings. The average Bonchev–Trinajstić information content (AvgIpc) is 2.38. The number of phenols is 1. The van der Waals surface area contributed by atoms with Gasteiger partial charge in [0.05, 0.1) is 0 Å². The molecule has 100 valence electrons. The van der Waals surface area contributed by atoms with Crippen molar-refractivity contribution in [1.82, 2.24) is 5.32 Å². The fourth-order valence-electron chi connectivity index (χ4n) is 1.72. The van der Waals surface area contributed by atoms with E-state index in [1.807, 2.05) is 19.1 Å². The van der Waals surface area contributed by atoms with E-state index in [0.29, 0.717) is 13.1 Å². The number of nitrogens with one attached hydrogen (secondary N) is 1. The molecule has 0 heterocycles. The van der Waals surface area contributed by atoms with E-state index in [-0.39, 0.29) is 17.6 Å². The summed E-state index contributed by atoms with van der Waals surface area (Å²) < 4.78 is 0. The van der Waals surface area contributed by atoms with Crippen LogP contribution in [0.15, 0.2) is 24.3 Å². The molecule has 1 aromatic carbocycles. The number of nitrogens with two attached hydrogens (primary N) is 1. The van der Waals surface area contributed by atoms with Crippen molar-refractivity contribution in [3.05, 3.63) is 29.8 Å². The van der Waals surface area contributed by atoms with E-state index < -0.39 is 0 Å². The van der Waals surface area contributed by atoms with Crippen molar-refractivity contribution in [3.8, 4) is 5.75 Å². The molecule has 0 spiro atoms. The molecular weight excluding hydrogens is 228 g/mol. The quantitative estimate of drug-likeness (QED) is 0.685. The number of hydrogen-bond donors (Lipinski definition) is 3. The molecule has 0 aromatic heterocycles. The van der Waals surface area contributed by atoms with Gasteiger partial charge in [-0.25, -0.2) is 0 Å². The lowest BCUT2D eigenvalue weighted by molar-refractivity contribution is -0.124. The minimum atomic E-state index is 0.0216. The van der Waals surface area contributed by atoms with E-state index in [4.69, 9.17) is 10.8 Å². The molecule has 0 aliphatic heterocycles. The number of hydrogen-bond acceptors (Lipinski definition) is 3. The van der Waals surface area contributed by atoms with Crippen LogP contribution >= 0.6 is 0 Å². The molecule has 1 atom stereocenters. The fourth-order valence-corrected chi connectivity index (χ4v) is 1.72. The molecule has 1 aromatic rings. The lowest BCUT2D eigenvalue weighted by Crippen LogP contribution is -2.31. The molecule has 0 radical (unpaired) electrons. The molecule has 0 bridgehead atoms. The van der Waals surface area contributed by atoms with E-state index in [1.54, 1.807) is 12.1 Å². The highest BCUT2D eigenvalue weighted by molar-refractivity contribution is 5.78. The number of rotatable bonds is 7. The van der Waals surface area contributed by atoms with Gasteiger partial charge in [0.15, 0.2) is 0 Å². The summed E-state index contributed by atoms with van der Waals surface area (Å²) in [6.07, 6.45) is 2.49. The molecular formula is C14H22N2O2. The Bertz CT molecular complexity index is 363. The molecule has 0 aliphatic rings. The maximum atomic E-state index is 11.7. The smallest absolute Gasteiger partial charge is 0.222 e. The Morgan fingerprint density at radius 3 is 2.67 bits per heavy atom. The molecule has 4 N–H and O–H groups in total. The largest absolute Gasteiger partial charge is 0.508 e. The van der Waals surface area contributed by atoms with E-state index in [2.05, 4.69) is 5.32 Å². The molecule has 1 amide bonds. The summed E-state index contributed by atoms with van der Waals surface area (Å²) in [6, 6.07) is 7.03. The summed E-state index contributed by atoms with van der Waals surface area (Å²) in [5.74, 6) is 0.369. The number of benzene rings is 1. The maximum Gasteiger partial charge on any atom is 0.222 e. The van der Waals surface area contributed by atoms with Crippen LogP contribution in [0.1, 0.15) is 25.3 Å². The van der Waals surface area contributed by atoms with Crippen molar-refractivity contribution in [2.45, 2.75) is 26.2 Å². The predicted octanol–water partition coefficient (Wildman–Crippen LogP) is 1.43. The Kier molecular flexibility index (Phi) is 6.22. The molecule has 0 saturated heterocycles. The average molecular weight is 250 g/mol. The van der Waals surface area contributed by atoms with Crippen molar-refractivity contribution in [2.24, 2.45) is 11.7 Å². The molecule has 1 rings (SSSR count). The molecule has 4 heteroatoms. The van der Waals surface area contributed by atoms with Gasteiger partial charge in [-0.1, -0.05) is 19.1 Å². The standard InChI is InChI=1S/C14H22N2O2/c1-11(3-2-9-15)14(18)16-10-8-12-4-6-13(17)7-5-12/h4-7,11,17H,2-3,8-10,15H2,1H3,(H,16,18). The monoisotopic (exact) mass is 250 g/mol. The first-order valence-corrected chi connectivity index (χ1v) is 6.39. The van der Waals surface area contributed by atoms with Crippen LogP contribution in [0.4, 0.5) is 0 Å². The Balaban J connectivity index is 2.24. The van der Waals surface area contributed by atoms with Crippen molar-refractivity contribution in [1.29, 1.82) is 0 Å². The molecule has 1 unspecified atom stereocenters. The summed E-state index contributed by atoms with van der Waals surface area (Å²) in [4.78, 5) is 11.7. The van der Waals surface area contributed by atoms with Gasteiger partial charge in [-0.15, -0.1) is 0 Å². The molecule has 18 heavy (non-hydrogen) atoms. The molecule has 0 saturated carbocycles. The van der Waals surface area contributed by atoms with Crippen LogP contribution in [0.3, 0.4) is 0 Å². The van der Waals surface area contributed by atoms with Crippen LogP contribution in [0, 0.1) is 5.92 Å². The van der Waals surface area contributed by atoms with Gasteiger partial charge in [0, 0.05) is 12.5 Å². The topological polar surface area (TPSA) is 75.4 Å². The first-order valence-electron chi connectivity index (χ1n) is 6.39. The van der Waals surface area contributed by atoms with E-state index in [1.165, 1.54) is 0 Å². The first kappa shape index (κ1) is 14.5. The minimum absolute atomic E-state index is 0.0216. The zero-order chi connectivity index (χ0) is 13.4. The summed E-state index contributed by atoms with van der Waals surface area (Å²) in [5.41, 5.74) is 6.51. The van der Waals surface area contributed by atoms with Crippen molar-refractivity contribution >= 4 is 5.91 Å². The number of amides is 1. The maximum absolute atomic E-state index is 11.7. The second kappa shape index (κ2) is 7.71. The number of phenolic OH excluding ortho intramolecular Hbond substituents is 1. The first-order chi connectivity index (χ1) is 8.63. The SMILES string of the molecule is CC(CCCN)C(=O)NCCc1ccc(O)cc1. The zero-order valence-corrected chi connectivity index (χ0v) is 10.9. The summed E-state index contributed by atoms with van der Waals surface area (Å²) >= 11 is 0. The highest BCUT2D eigenvalue weighted by atomic mass is 16.3. The normalized spacial score (nSPS) is 12.1. The third-order valence-corrected chi connectivity index (χ3v) is 2.94. The Labute approximate surface area is 108 Å². The van der Waals surface area contributed by atoms with Gasteiger partial charge in [0.1, 0.15) is 5.75 Å². The lowest BCUT2D eigenvalue weighted by Gasteiger charge is -2.11. The highest BCUT2D eigenvalue weighted by Gasteiger charge is 2.11. The van der Waals surface area contributed by atoms with Crippen LogP contribution in [0.2, 0.25) is 0 Å². The van der Waals surface area contributed by atoms with Crippen molar-refractivity contribution in [2.75, 3.05) is 13.1 Å². The fraction of sp³-hybridized carbons (Fsp3) is 0.500. The van der Waals surface area contributed by atoms with E-state index in [0.717, 1.165) is 24.8 Å². The van der Waals surface area contributed by atoms with Crippen LogP contribution in [-0.4, -0.2) is 24.1 Å². The van der Waals surface area contributed by atoms with E-state index in [9.17, 15) is 4.79 Å². The Morgan fingerprint density at radius 1 is 1.39 bits per heavy atom. The lowest BCUT2D eigenvalue weighted by atomic mass is 10.0. The van der Waals surface area contributed by atoms with Crippen LogP contribution in [-0.2, 0) is 11.2 Å². The second-order valence-corrected chi connectivity index (χ2v) is 4.54. The van der Waals surface area contributed by atoms with Gasteiger partial charge in [0.2, 0.25) is 5.91 Å². The van der Waals surface area contributed by atoms with Gasteiger partial charge >= 0.3 is 0 Å². The Morgan fingerprint density at radius 2 is 2.06 bits per heavy atom. The van der Waals surface area contributed by atoms with Crippen LogP contribution in [0.5, 0.6) is 5.75 Å². The predicted molar refractivity (Wildman–Crippen MR) is 72.3 cm³/mol. The molecule has 0 aliphatic carbocycles. The van der Waals surface area contributed by atoms with Crippen LogP contribution in [0.25, 0.3) is 0 Å². The third-order valence-electron chi connectivity index (χ3n) is 2.94. The van der Waals surface area contributed by atoms with E-state index >= 15 is 0 Å². The van der Waals surface area contributed by atoms with Gasteiger partial charge in [0.25, 0.3) is 0 Å². The Hall–Kier alpha value is -1.55.